The van der Waals surface area contributed by atoms with Crippen LogP contribution in [0.4, 0.5) is 0 Å². The van der Waals surface area contributed by atoms with Gasteiger partial charge in [-0.2, -0.15) is 0 Å². The molecule has 62 heavy (non-hydrogen) atoms. The third-order valence-electron chi connectivity index (χ3n) is 12.2. The average molecular weight is 897 g/mol. The molecule has 0 radical (unpaired) electrons. The van der Waals surface area contributed by atoms with Crippen molar-refractivity contribution in [3.8, 4) is 0 Å². The summed E-state index contributed by atoms with van der Waals surface area (Å²) in [6, 6.07) is -0.899. The molecule has 0 bridgehead atoms. The number of hydrogen-bond donors (Lipinski definition) is 2. The van der Waals surface area contributed by atoms with Gasteiger partial charge in [-0.25, -0.2) is 0 Å². The minimum absolute atomic E-state index is 0.00403. The zero-order valence-corrected chi connectivity index (χ0v) is 42.7. The number of carbonyl (C=O) groups excluding carboxylic acids is 1. The van der Waals surface area contributed by atoms with Gasteiger partial charge in [-0.15, -0.1) is 0 Å². The first-order valence-corrected chi connectivity index (χ1v) is 28.2. The molecule has 368 valence electrons. The highest BCUT2D eigenvalue weighted by Gasteiger charge is 2.23. The lowest BCUT2D eigenvalue weighted by atomic mass is 10.0. The fraction of sp³-hybridized carbons (Fsp3) is 0.906. The van der Waals surface area contributed by atoms with Crippen molar-refractivity contribution in [2.75, 3.05) is 40.9 Å². The summed E-state index contributed by atoms with van der Waals surface area (Å²) in [5.74, 6) is -0.205. The SMILES string of the molecule is CCCCCCCCCCCCCCCCCCCCCCC/C=C/CC/C=C/C(O)C(COP(=O)([O-])OCC[N+](C)(C)C)NC(=O)CCCCCCCCCCCCCCC. The fourth-order valence-electron chi connectivity index (χ4n) is 7.94. The number of phosphoric acid groups is 1. The predicted octanol–water partition coefficient (Wildman–Crippen LogP) is 15.0. The maximum absolute atomic E-state index is 12.9. The minimum Gasteiger partial charge on any atom is -0.756 e. The second-order valence-corrected chi connectivity index (χ2v) is 21.0. The van der Waals surface area contributed by atoms with Crippen LogP contribution in [0.5, 0.6) is 0 Å². The normalized spacial score (nSPS) is 14.2. The number of aliphatic hydroxyl groups excluding tert-OH is 1. The number of quaternary nitrogens is 1. The number of amides is 1. The maximum Gasteiger partial charge on any atom is 0.268 e. The van der Waals surface area contributed by atoms with Crippen molar-refractivity contribution in [2.24, 2.45) is 0 Å². The van der Waals surface area contributed by atoms with Crippen LogP contribution >= 0.6 is 7.82 Å². The third-order valence-corrected chi connectivity index (χ3v) is 13.1. The average Bonchev–Trinajstić information content (AvgIpc) is 3.23. The van der Waals surface area contributed by atoms with E-state index in [-0.39, 0.29) is 19.1 Å². The Bertz CT molecular complexity index is 1060. The first kappa shape index (κ1) is 61.0. The quantitative estimate of drug-likeness (QED) is 0.0273. The van der Waals surface area contributed by atoms with Crippen molar-refractivity contribution in [3.63, 3.8) is 0 Å². The molecule has 0 heterocycles. The largest absolute Gasteiger partial charge is 0.756 e. The predicted molar refractivity (Wildman–Crippen MR) is 265 cm³/mol. The molecular formula is C53H105N2O6P. The van der Waals surface area contributed by atoms with Gasteiger partial charge in [0.2, 0.25) is 5.91 Å². The smallest absolute Gasteiger partial charge is 0.268 e. The zero-order valence-electron chi connectivity index (χ0n) is 41.8. The summed E-state index contributed by atoms with van der Waals surface area (Å²) in [7, 11) is 1.25. The lowest BCUT2D eigenvalue weighted by molar-refractivity contribution is -0.870. The Labute approximate surface area is 385 Å². The first-order chi connectivity index (χ1) is 30.0. The molecule has 0 aliphatic rings. The van der Waals surface area contributed by atoms with E-state index in [1.54, 1.807) is 6.08 Å². The Morgan fingerprint density at radius 2 is 0.903 bits per heavy atom. The molecule has 0 fully saturated rings. The molecule has 0 aromatic rings. The lowest BCUT2D eigenvalue weighted by Crippen LogP contribution is -2.45. The molecule has 0 aromatic carbocycles. The van der Waals surface area contributed by atoms with Gasteiger partial charge in [0.1, 0.15) is 13.2 Å². The van der Waals surface area contributed by atoms with E-state index in [4.69, 9.17) is 9.05 Å². The van der Waals surface area contributed by atoms with Gasteiger partial charge >= 0.3 is 0 Å². The molecular weight excluding hydrogens is 792 g/mol. The molecule has 0 saturated carbocycles. The van der Waals surface area contributed by atoms with E-state index in [1.807, 2.05) is 27.2 Å². The van der Waals surface area contributed by atoms with E-state index < -0.39 is 20.0 Å². The highest BCUT2D eigenvalue weighted by atomic mass is 31.2. The summed E-state index contributed by atoms with van der Waals surface area (Å²) in [6.45, 7) is 4.65. The molecule has 3 unspecified atom stereocenters. The monoisotopic (exact) mass is 897 g/mol. The summed E-state index contributed by atoms with van der Waals surface area (Å²) in [5, 5.41) is 13.8. The molecule has 8 nitrogen and oxygen atoms in total. The maximum atomic E-state index is 12.9. The number of aliphatic hydroxyl groups is 1. The van der Waals surface area contributed by atoms with E-state index in [2.05, 4.69) is 31.3 Å². The lowest BCUT2D eigenvalue weighted by Gasteiger charge is -2.29. The molecule has 2 N–H and O–H groups in total. The standard InChI is InChI=1S/C53H105N2O6P/c1-6-8-10-12-14-16-18-20-21-22-23-24-25-26-27-28-29-30-31-32-33-35-36-38-40-42-44-46-52(56)51(50-61-62(58,59)60-49-48-55(3,4)5)54-53(57)47-45-43-41-39-37-34-19-17-15-13-11-9-7-2/h36,38,44,46,51-52,56H,6-35,37,39-43,45,47-50H2,1-5H3,(H-,54,57,58,59)/b38-36+,46-44+. The van der Waals surface area contributed by atoms with Crippen LogP contribution in [0.3, 0.4) is 0 Å². The number of carbonyl (C=O) groups is 1. The molecule has 0 aliphatic carbocycles. The second-order valence-electron chi connectivity index (χ2n) is 19.6. The number of nitrogens with one attached hydrogen (secondary N) is 1. The van der Waals surface area contributed by atoms with Crippen LogP contribution in [0.15, 0.2) is 24.3 Å². The summed E-state index contributed by atoms with van der Waals surface area (Å²) in [5.41, 5.74) is 0. The number of likely N-dealkylation sites (N-methyl/N-ethyl adjacent to an activating group) is 1. The van der Waals surface area contributed by atoms with Crippen molar-refractivity contribution in [1.29, 1.82) is 0 Å². The topological polar surface area (TPSA) is 108 Å². The first-order valence-electron chi connectivity index (χ1n) is 26.7. The summed E-state index contributed by atoms with van der Waals surface area (Å²) >= 11 is 0. The van der Waals surface area contributed by atoms with Gasteiger partial charge in [0.25, 0.3) is 7.82 Å². The second kappa shape index (κ2) is 45.1. The van der Waals surface area contributed by atoms with Crippen LogP contribution in [0.2, 0.25) is 0 Å². The number of rotatable bonds is 49. The summed E-state index contributed by atoms with van der Waals surface area (Å²) in [4.78, 5) is 25.4. The van der Waals surface area contributed by atoms with Gasteiger partial charge in [0.05, 0.1) is 39.9 Å². The molecule has 0 aliphatic heterocycles. The van der Waals surface area contributed by atoms with Gasteiger partial charge in [-0.05, 0) is 32.1 Å². The van der Waals surface area contributed by atoms with Gasteiger partial charge in [-0.3, -0.25) is 9.36 Å². The van der Waals surface area contributed by atoms with Crippen molar-refractivity contribution in [3.05, 3.63) is 24.3 Å². The molecule has 0 aromatic heterocycles. The molecule has 0 spiro atoms. The van der Waals surface area contributed by atoms with E-state index in [0.717, 1.165) is 38.5 Å². The highest BCUT2D eigenvalue weighted by Crippen LogP contribution is 2.38. The van der Waals surface area contributed by atoms with Crippen LogP contribution in [-0.4, -0.2) is 68.5 Å². The molecule has 1 amide bonds. The summed E-state index contributed by atoms with van der Waals surface area (Å²) in [6.07, 6.45) is 55.4. The molecule has 0 rings (SSSR count). The molecule has 3 atom stereocenters. The van der Waals surface area contributed by atoms with Crippen LogP contribution in [0.1, 0.15) is 258 Å². The van der Waals surface area contributed by atoms with Crippen LogP contribution in [0.25, 0.3) is 0 Å². The Kier molecular flexibility index (Phi) is 44.4. The van der Waals surface area contributed by atoms with E-state index >= 15 is 0 Å². The van der Waals surface area contributed by atoms with E-state index in [0.29, 0.717) is 17.4 Å². The highest BCUT2D eigenvalue weighted by molar-refractivity contribution is 7.45. The molecule has 9 heteroatoms. The van der Waals surface area contributed by atoms with Crippen LogP contribution in [-0.2, 0) is 18.4 Å². The third kappa shape index (κ3) is 47.0. The van der Waals surface area contributed by atoms with Crippen LogP contribution < -0.4 is 10.2 Å². The molecule has 0 saturated heterocycles. The number of hydrogen-bond acceptors (Lipinski definition) is 6. The van der Waals surface area contributed by atoms with Gasteiger partial charge in [0, 0.05) is 6.42 Å². The van der Waals surface area contributed by atoms with Gasteiger partial charge in [-0.1, -0.05) is 244 Å². The number of allylic oxidation sites excluding steroid dienone is 3. The van der Waals surface area contributed by atoms with E-state index in [9.17, 15) is 19.4 Å². The van der Waals surface area contributed by atoms with Crippen LogP contribution in [0, 0.1) is 0 Å². The Hall–Kier alpha value is -1.02. The summed E-state index contributed by atoms with van der Waals surface area (Å²) < 4.78 is 23.3. The van der Waals surface area contributed by atoms with E-state index in [1.165, 1.54) is 199 Å². The number of nitrogens with zero attached hydrogens (tertiary/aromatic N) is 1. The van der Waals surface area contributed by atoms with Crippen molar-refractivity contribution >= 4 is 13.7 Å². The Morgan fingerprint density at radius 1 is 0.548 bits per heavy atom. The number of phosphoric ester groups is 1. The Balaban J connectivity index is 4.21. The van der Waals surface area contributed by atoms with Crippen molar-refractivity contribution < 1.29 is 32.9 Å². The Morgan fingerprint density at radius 3 is 1.31 bits per heavy atom. The van der Waals surface area contributed by atoms with Gasteiger partial charge in [0.15, 0.2) is 0 Å². The zero-order chi connectivity index (χ0) is 45.7. The minimum atomic E-state index is -4.60. The van der Waals surface area contributed by atoms with Crippen molar-refractivity contribution in [2.45, 2.75) is 270 Å². The fourth-order valence-corrected chi connectivity index (χ4v) is 8.66. The van der Waals surface area contributed by atoms with Crippen molar-refractivity contribution in [1.82, 2.24) is 5.32 Å². The number of unbranched alkanes of at least 4 members (excludes halogenated alkanes) is 34. The van der Waals surface area contributed by atoms with Gasteiger partial charge < -0.3 is 28.8 Å².